The van der Waals surface area contributed by atoms with Crippen molar-refractivity contribution in [1.82, 2.24) is 15.1 Å². The van der Waals surface area contributed by atoms with Crippen molar-refractivity contribution in [2.24, 2.45) is 13.0 Å². The zero-order valence-electron chi connectivity index (χ0n) is 11.0. The van der Waals surface area contributed by atoms with Crippen molar-refractivity contribution in [3.63, 3.8) is 0 Å². The number of hydrogen-bond acceptors (Lipinski definition) is 4. The molecule has 104 valence electrons. The van der Waals surface area contributed by atoms with E-state index in [2.05, 4.69) is 10.4 Å². The third-order valence-electron chi connectivity index (χ3n) is 3.65. The maximum absolute atomic E-state index is 12.1. The maximum atomic E-state index is 12.1. The number of aliphatic hydroxyl groups is 1. The number of aryl methyl sites for hydroxylation is 1. The third-order valence-corrected chi connectivity index (χ3v) is 3.65. The van der Waals surface area contributed by atoms with E-state index in [4.69, 9.17) is 0 Å². The highest BCUT2D eigenvalue weighted by atomic mass is 16.3. The standard InChI is InChI=1S/C13H19N3O3/c1-16-12(18)7-6-11(15-16)13(19)14-10-5-3-2-4-9(10)8-17/h6-7,9-10,17H,2-5,8H2,1H3,(H,14,19). The van der Waals surface area contributed by atoms with E-state index in [1.165, 1.54) is 19.2 Å². The summed E-state index contributed by atoms with van der Waals surface area (Å²) in [5.74, 6) is -0.175. The third kappa shape index (κ3) is 3.20. The molecule has 0 bridgehead atoms. The number of carbonyl (C=O) groups excluding carboxylic acids is 1. The Kier molecular flexibility index (Phi) is 4.31. The fraction of sp³-hybridized carbons (Fsp3) is 0.615. The van der Waals surface area contributed by atoms with Gasteiger partial charge in [-0.05, 0) is 18.9 Å². The summed E-state index contributed by atoms with van der Waals surface area (Å²) in [5, 5.41) is 16.1. The zero-order valence-corrected chi connectivity index (χ0v) is 11.0. The van der Waals surface area contributed by atoms with E-state index in [1.54, 1.807) is 0 Å². The van der Waals surface area contributed by atoms with Crippen LogP contribution in [0.2, 0.25) is 0 Å². The van der Waals surface area contributed by atoms with Crippen LogP contribution in [0.3, 0.4) is 0 Å². The van der Waals surface area contributed by atoms with Gasteiger partial charge in [-0.25, -0.2) is 4.68 Å². The SMILES string of the molecule is Cn1nc(C(=O)NC2CCCCC2CO)ccc1=O. The van der Waals surface area contributed by atoms with Crippen LogP contribution in [0, 0.1) is 5.92 Å². The van der Waals surface area contributed by atoms with Crippen molar-refractivity contribution < 1.29 is 9.90 Å². The van der Waals surface area contributed by atoms with Crippen LogP contribution in [-0.4, -0.2) is 33.4 Å². The van der Waals surface area contributed by atoms with Crippen molar-refractivity contribution in [1.29, 1.82) is 0 Å². The molecule has 1 fully saturated rings. The molecule has 1 aliphatic carbocycles. The summed E-state index contributed by atoms with van der Waals surface area (Å²) in [6, 6.07) is 2.74. The largest absolute Gasteiger partial charge is 0.396 e. The van der Waals surface area contributed by atoms with Gasteiger partial charge in [0.25, 0.3) is 11.5 Å². The van der Waals surface area contributed by atoms with Crippen molar-refractivity contribution in [3.8, 4) is 0 Å². The van der Waals surface area contributed by atoms with Gasteiger partial charge < -0.3 is 10.4 Å². The minimum atomic E-state index is -0.291. The van der Waals surface area contributed by atoms with E-state index in [1.807, 2.05) is 0 Å². The predicted octanol–water partition coefficient (Wildman–Crippen LogP) is 0.0612. The van der Waals surface area contributed by atoms with Gasteiger partial charge in [-0.3, -0.25) is 9.59 Å². The van der Waals surface area contributed by atoms with Crippen LogP contribution in [0.15, 0.2) is 16.9 Å². The lowest BCUT2D eigenvalue weighted by atomic mass is 9.85. The van der Waals surface area contributed by atoms with Crippen LogP contribution in [0.4, 0.5) is 0 Å². The summed E-state index contributed by atoms with van der Waals surface area (Å²) in [6.45, 7) is 0.0889. The lowest BCUT2D eigenvalue weighted by molar-refractivity contribution is 0.0865. The Morgan fingerprint density at radius 2 is 2.21 bits per heavy atom. The van der Waals surface area contributed by atoms with E-state index in [0.717, 1.165) is 30.4 Å². The zero-order chi connectivity index (χ0) is 13.8. The van der Waals surface area contributed by atoms with Crippen LogP contribution in [-0.2, 0) is 7.05 Å². The Morgan fingerprint density at radius 3 is 2.89 bits per heavy atom. The number of hydrogen-bond donors (Lipinski definition) is 2. The Morgan fingerprint density at radius 1 is 1.47 bits per heavy atom. The number of nitrogens with one attached hydrogen (secondary N) is 1. The lowest BCUT2D eigenvalue weighted by Gasteiger charge is -2.30. The number of carbonyl (C=O) groups is 1. The first-order valence-corrected chi connectivity index (χ1v) is 6.58. The Hall–Kier alpha value is -1.69. The van der Waals surface area contributed by atoms with E-state index in [9.17, 15) is 14.7 Å². The Bertz CT molecular complexity index is 512. The molecule has 0 radical (unpaired) electrons. The van der Waals surface area contributed by atoms with E-state index in [0.29, 0.717) is 0 Å². The highest BCUT2D eigenvalue weighted by molar-refractivity contribution is 5.92. The van der Waals surface area contributed by atoms with Gasteiger partial charge in [0.05, 0.1) is 0 Å². The van der Waals surface area contributed by atoms with Crippen molar-refractivity contribution in [2.45, 2.75) is 31.7 Å². The topological polar surface area (TPSA) is 84.2 Å². The second-order valence-corrected chi connectivity index (χ2v) is 4.99. The summed E-state index contributed by atoms with van der Waals surface area (Å²) < 4.78 is 1.14. The molecule has 1 aliphatic rings. The Balaban J connectivity index is 2.07. The normalized spacial score (nSPS) is 23.1. The highest BCUT2D eigenvalue weighted by Gasteiger charge is 2.26. The van der Waals surface area contributed by atoms with E-state index >= 15 is 0 Å². The van der Waals surface area contributed by atoms with E-state index in [-0.39, 0.29) is 35.7 Å². The molecule has 2 rings (SSSR count). The van der Waals surface area contributed by atoms with Gasteiger partial charge in [-0.2, -0.15) is 5.10 Å². The molecule has 1 aromatic heterocycles. The second kappa shape index (κ2) is 5.97. The van der Waals surface area contributed by atoms with Crippen LogP contribution < -0.4 is 10.9 Å². The molecule has 6 nitrogen and oxygen atoms in total. The van der Waals surface area contributed by atoms with Gasteiger partial charge in [0.2, 0.25) is 0 Å². The summed E-state index contributed by atoms with van der Waals surface area (Å²) in [5.41, 5.74) is -0.0215. The predicted molar refractivity (Wildman–Crippen MR) is 69.8 cm³/mol. The average Bonchev–Trinajstić information content (AvgIpc) is 2.42. The van der Waals surface area contributed by atoms with Gasteiger partial charge in [-0.1, -0.05) is 12.8 Å². The molecular formula is C13H19N3O3. The highest BCUT2D eigenvalue weighted by Crippen LogP contribution is 2.24. The number of amides is 1. The molecule has 2 unspecified atom stereocenters. The van der Waals surface area contributed by atoms with Crippen LogP contribution in [0.5, 0.6) is 0 Å². The van der Waals surface area contributed by atoms with Crippen LogP contribution in [0.1, 0.15) is 36.2 Å². The molecule has 6 heteroatoms. The van der Waals surface area contributed by atoms with Gasteiger partial charge >= 0.3 is 0 Å². The molecule has 0 aromatic carbocycles. The fourth-order valence-corrected chi connectivity index (χ4v) is 2.48. The smallest absolute Gasteiger partial charge is 0.271 e. The lowest BCUT2D eigenvalue weighted by Crippen LogP contribution is -2.44. The molecular weight excluding hydrogens is 246 g/mol. The van der Waals surface area contributed by atoms with Crippen molar-refractivity contribution in [3.05, 3.63) is 28.2 Å². The summed E-state index contributed by atoms with van der Waals surface area (Å²) in [6.07, 6.45) is 3.96. The first kappa shape index (κ1) is 13.7. The number of nitrogens with zero attached hydrogens (tertiary/aromatic N) is 2. The first-order valence-electron chi connectivity index (χ1n) is 6.58. The molecule has 19 heavy (non-hydrogen) atoms. The summed E-state index contributed by atoms with van der Waals surface area (Å²) >= 11 is 0. The maximum Gasteiger partial charge on any atom is 0.271 e. The minimum Gasteiger partial charge on any atom is -0.396 e. The molecule has 2 N–H and O–H groups in total. The average molecular weight is 265 g/mol. The van der Waals surface area contributed by atoms with Gasteiger partial charge in [-0.15, -0.1) is 0 Å². The number of aromatic nitrogens is 2. The van der Waals surface area contributed by atoms with Crippen molar-refractivity contribution >= 4 is 5.91 Å². The van der Waals surface area contributed by atoms with Crippen LogP contribution in [0.25, 0.3) is 0 Å². The quantitative estimate of drug-likeness (QED) is 0.809. The van der Waals surface area contributed by atoms with Crippen LogP contribution >= 0.6 is 0 Å². The molecule has 1 saturated carbocycles. The molecule has 0 spiro atoms. The Labute approximate surface area is 111 Å². The van der Waals surface area contributed by atoms with Gasteiger partial charge in [0, 0.05) is 31.7 Å². The fourth-order valence-electron chi connectivity index (χ4n) is 2.48. The summed E-state index contributed by atoms with van der Waals surface area (Å²) in [4.78, 5) is 23.3. The second-order valence-electron chi connectivity index (χ2n) is 4.99. The molecule has 1 aromatic rings. The molecule has 1 amide bonds. The number of rotatable bonds is 3. The molecule has 0 aliphatic heterocycles. The minimum absolute atomic E-state index is 0.00900. The van der Waals surface area contributed by atoms with E-state index < -0.39 is 0 Å². The van der Waals surface area contributed by atoms with Gasteiger partial charge in [0.15, 0.2) is 0 Å². The monoisotopic (exact) mass is 265 g/mol. The number of aliphatic hydroxyl groups excluding tert-OH is 1. The summed E-state index contributed by atoms with van der Waals surface area (Å²) in [7, 11) is 1.51. The van der Waals surface area contributed by atoms with Gasteiger partial charge in [0.1, 0.15) is 5.69 Å². The molecule has 1 heterocycles. The molecule has 0 saturated heterocycles. The molecule has 2 atom stereocenters. The van der Waals surface area contributed by atoms with Crippen molar-refractivity contribution in [2.75, 3.05) is 6.61 Å². The first-order chi connectivity index (χ1) is 9.11.